The summed E-state index contributed by atoms with van der Waals surface area (Å²) >= 11 is 12.1. The van der Waals surface area contributed by atoms with Gasteiger partial charge in [0.05, 0.1) is 5.39 Å². The van der Waals surface area contributed by atoms with Crippen LogP contribution < -0.4 is 10.2 Å². The van der Waals surface area contributed by atoms with Crippen molar-refractivity contribution in [3.05, 3.63) is 98.1 Å². The van der Waals surface area contributed by atoms with Crippen molar-refractivity contribution >= 4 is 40.0 Å². The number of ketones is 1. The van der Waals surface area contributed by atoms with Crippen LogP contribution in [0.3, 0.4) is 0 Å². The first-order chi connectivity index (χ1) is 14.4. The summed E-state index contributed by atoms with van der Waals surface area (Å²) in [7, 11) is 0. The number of hydrogen-bond donors (Lipinski definition) is 0. The summed E-state index contributed by atoms with van der Waals surface area (Å²) in [5, 5.41) is 1.27. The van der Waals surface area contributed by atoms with E-state index >= 15 is 0 Å². The molecule has 0 aliphatic carbocycles. The highest BCUT2D eigenvalue weighted by Gasteiger charge is 2.20. The van der Waals surface area contributed by atoms with E-state index in [4.69, 9.17) is 32.4 Å². The minimum absolute atomic E-state index is 0.0315. The molecular weight excluding hydrogens is 423 g/mol. The van der Waals surface area contributed by atoms with Gasteiger partial charge in [-0.1, -0.05) is 53.5 Å². The molecule has 0 amide bonds. The minimum atomic E-state index is -0.388. The molecule has 0 fully saturated rings. The molecule has 0 radical (unpaired) electrons. The Hall–Kier alpha value is -3.08. The van der Waals surface area contributed by atoms with Crippen LogP contribution in [0.5, 0.6) is 5.75 Å². The van der Waals surface area contributed by atoms with Gasteiger partial charge in [0, 0.05) is 21.2 Å². The molecular formula is C24H16Cl2O4. The SMILES string of the molecule is Cc1cc2oc(-c3ccccc3)c(OCC(=O)c3ccc(Cl)cc3)c(=O)c2cc1Cl. The smallest absolute Gasteiger partial charge is 0.235 e. The van der Waals surface area contributed by atoms with Crippen molar-refractivity contribution in [3.8, 4) is 17.1 Å². The highest BCUT2D eigenvalue weighted by atomic mass is 35.5. The molecule has 0 aliphatic rings. The van der Waals surface area contributed by atoms with Crippen molar-refractivity contribution in [2.24, 2.45) is 0 Å². The fraction of sp³-hybridized carbons (Fsp3) is 0.0833. The molecule has 0 spiro atoms. The number of hydrogen-bond acceptors (Lipinski definition) is 4. The van der Waals surface area contributed by atoms with E-state index in [1.807, 2.05) is 25.1 Å². The standard InChI is InChI=1S/C24H16Cl2O4/c1-14-11-21-18(12-19(14)26)22(28)24(23(30-21)16-5-3-2-4-6-16)29-13-20(27)15-7-9-17(25)10-8-15/h2-12H,13H2,1H3. The van der Waals surface area contributed by atoms with E-state index in [0.717, 1.165) is 5.56 Å². The average molecular weight is 439 g/mol. The van der Waals surface area contributed by atoms with Crippen LogP contribution in [-0.2, 0) is 0 Å². The van der Waals surface area contributed by atoms with Crippen molar-refractivity contribution in [3.63, 3.8) is 0 Å². The topological polar surface area (TPSA) is 56.5 Å². The van der Waals surface area contributed by atoms with Crippen LogP contribution in [0.4, 0.5) is 0 Å². The van der Waals surface area contributed by atoms with Gasteiger partial charge in [-0.25, -0.2) is 0 Å². The van der Waals surface area contributed by atoms with Gasteiger partial charge in [-0.3, -0.25) is 9.59 Å². The first-order valence-electron chi connectivity index (χ1n) is 9.18. The zero-order valence-corrected chi connectivity index (χ0v) is 17.5. The Bertz CT molecular complexity index is 1290. The largest absolute Gasteiger partial charge is 0.478 e. The Kier molecular flexibility index (Phi) is 5.62. The molecule has 0 unspecified atom stereocenters. The van der Waals surface area contributed by atoms with Crippen LogP contribution in [0.1, 0.15) is 15.9 Å². The highest BCUT2D eigenvalue weighted by molar-refractivity contribution is 6.32. The number of fused-ring (bicyclic) bond motifs is 1. The van der Waals surface area contributed by atoms with E-state index < -0.39 is 0 Å². The van der Waals surface area contributed by atoms with E-state index in [1.54, 1.807) is 48.5 Å². The summed E-state index contributed by atoms with van der Waals surface area (Å²) in [5.41, 5.74) is 1.90. The lowest BCUT2D eigenvalue weighted by molar-refractivity contribution is 0.0920. The molecule has 0 aliphatic heterocycles. The molecule has 150 valence electrons. The second kappa shape index (κ2) is 8.34. The van der Waals surface area contributed by atoms with Crippen molar-refractivity contribution in [1.82, 2.24) is 0 Å². The average Bonchev–Trinajstić information content (AvgIpc) is 2.75. The fourth-order valence-electron chi connectivity index (χ4n) is 3.07. The van der Waals surface area contributed by atoms with E-state index in [9.17, 15) is 9.59 Å². The third kappa shape index (κ3) is 3.97. The Morgan fingerprint density at radius 2 is 1.70 bits per heavy atom. The number of Topliss-reactive ketones (excluding diaryl/α,β-unsaturated/α-hetero) is 1. The van der Waals surface area contributed by atoms with Gasteiger partial charge in [-0.05, 0) is 48.9 Å². The molecule has 1 aromatic heterocycles. The number of carbonyl (C=O) groups is 1. The predicted octanol–water partition coefficient (Wildman–Crippen LogP) is 6.34. The van der Waals surface area contributed by atoms with Crippen molar-refractivity contribution in [1.29, 1.82) is 0 Å². The van der Waals surface area contributed by atoms with E-state index in [1.165, 1.54) is 0 Å². The lowest BCUT2D eigenvalue weighted by Gasteiger charge is -2.12. The molecule has 0 bridgehead atoms. The maximum absolute atomic E-state index is 13.2. The van der Waals surface area contributed by atoms with Crippen LogP contribution in [-0.4, -0.2) is 12.4 Å². The summed E-state index contributed by atoms with van der Waals surface area (Å²) in [4.78, 5) is 25.7. The van der Waals surface area contributed by atoms with Gasteiger partial charge < -0.3 is 9.15 Å². The molecule has 0 N–H and O–H groups in total. The third-order valence-electron chi connectivity index (χ3n) is 4.68. The fourth-order valence-corrected chi connectivity index (χ4v) is 3.36. The van der Waals surface area contributed by atoms with E-state index in [0.29, 0.717) is 32.1 Å². The van der Waals surface area contributed by atoms with Gasteiger partial charge in [-0.15, -0.1) is 0 Å². The van der Waals surface area contributed by atoms with Crippen molar-refractivity contribution in [2.75, 3.05) is 6.61 Å². The number of carbonyl (C=O) groups excluding carboxylic acids is 1. The molecule has 4 rings (SSSR count). The molecule has 3 aromatic carbocycles. The minimum Gasteiger partial charge on any atom is -0.478 e. The maximum atomic E-state index is 13.2. The summed E-state index contributed by atoms with van der Waals surface area (Å²) < 4.78 is 11.8. The third-order valence-corrected chi connectivity index (χ3v) is 5.34. The zero-order chi connectivity index (χ0) is 21.3. The number of halogens is 2. The lowest BCUT2D eigenvalue weighted by Crippen LogP contribution is -2.17. The lowest BCUT2D eigenvalue weighted by atomic mass is 10.1. The van der Waals surface area contributed by atoms with Gasteiger partial charge in [-0.2, -0.15) is 0 Å². The zero-order valence-electron chi connectivity index (χ0n) is 15.9. The van der Waals surface area contributed by atoms with Gasteiger partial charge in [0.2, 0.25) is 11.2 Å². The number of aryl methyl sites for hydroxylation is 1. The van der Waals surface area contributed by atoms with Gasteiger partial charge >= 0.3 is 0 Å². The Morgan fingerprint density at radius 3 is 2.40 bits per heavy atom. The Balaban J connectivity index is 1.79. The van der Waals surface area contributed by atoms with Gasteiger partial charge in [0.1, 0.15) is 5.58 Å². The van der Waals surface area contributed by atoms with E-state index in [2.05, 4.69) is 0 Å². The molecule has 0 saturated carbocycles. The molecule has 0 saturated heterocycles. The molecule has 4 aromatic rings. The van der Waals surface area contributed by atoms with Crippen LogP contribution in [0.15, 0.2) is 75.9 Å². The molecule has 1 heterocycles. The summed E-state index contributed by atoms with van der Waals surface area (Å²) in [5.74, 6) is -0.0539. The first kappa shape index (κ1) is 20.2. The summed E-state index contributed by atoms with van der Waals surface area (Å²) in [6, 6.07) is 18.9. The molecule has 30 heavy (non-hydrogen) atoms. The normalized spacial score (nSPS) is 10.9. The summed E-state index contributed by atoms with van der Waals surface area (Å²) in [6.07, 6.45) is 0. The van der Waals surface area contributed by atoms with Crippen LogP contribution in [0.2, 0.25) is 10.0 Å². The Labute approximate surface area is 182 Å². The van der Waals surface area contributed by atoms with Gasteiger partial charge in [0.25, 0.3) is 0 Å². The quantitative estimate of drug-likeness (QED) is 0.341. The van der Waals surface area contributed by atoms with Crippen LogP contribution >= 0.6 is 23.2 Å². The Morgan fingerprint density at radius 1 is 1.00 bits per heavy atom. The second-order valence-electron chi connectivity index (χ2n) is 6.77. The monoisotopic (exact) mass is 438 g/mol. The number of rotatable bonds is 5. The first-order valence-corrected chi connectivity index (χ1v) is 9.93. The van der Waals surface area contributed by atoms with Crippen LogP contribution in [0, 0.1) is 6.92 Å². The number of benzene rings is 3. The van der Waals surface area contributed by atoms with Crippen LogP contribution in [0.25, 0.3) is 22.3 Å². The molecule has 6 heteroatoms. The predicted molar refractivity (Wildman–Crippen MR) is 119 cm³/mol. The van der Waals surface area contributed by atoms with Crippen molar-refractivity contribution in [2.45, 2.75) is 6.92 Å². The highest BCUT2D eigenvalue weighted by Crippen LogP contribution is 2.32. The van der Waals surface area contributed by atoms with Gasteiger partial charge in [0.15, 0.2) is 18.2 Å². The maximum Gasteiger partial charge on any atom is 0.235 e. The molecule has 0 atom stereocenters. The van der Waals surface area contributed by atoms with E-state index in [-0.39, 0.29) is 29.3 Å². The van der Waals surface area contributed by atoms with Crippen molar-refractivity contribution < 1.29 is 13.9 Å². The second-order valence-corrected chi connectivity index (χ2v) is 7.62. The molecule has 4 nitrogen and oxygen atoms in total. The summed E-state index contributed by atoms with van der Waals surface area (Å²) in [6.45, 7) is 1.51. The number of ether oxygens (including phenoxy) is 1.